The number of halogens is 1. The van der Waals surface area contributed by atoms with Gasteiger partial charge < -0.3 is 36.3 Å². The molecule has 0 spiro atoms. The smallest absolute Gasteiger partial charge is 0.277 e. The van der Waals surface area contributed by atoms with E-state index in [9.17, 15) is 14.7 Å². The lowest BCUT2D eigenvalue weighted by Gasteiger charge is -2.31. The molecule has 14 heteroatoms. The Morgan fingerprint density at radius 3 is 2.65 bits per heavy atom. The van der Waals surface area contributed by atoms with Gasteiger partial charge in [0.2, 0.25) is 5.91 Å². The summed E-state index contributed by atoms with van der Waals surface area (Å²) >= 11 is 5.96. The summed E-state index contributed by atoms with van der Waals surface area (Å²) in [4.78, 5) is 35.2. The second-order valence-corrected chi connectivity index (χ2v) is 9.99. The number of phenols is 1. The number of ether oxygens (including phenoxy) is 2. The van der Waals surface area contributed by atoms with Crippen LogP contribution in [0.3, 0.4) is 0 Å². The molecule has 13 nitrogen and oxygen atoms in total. The van der Waals surface area contributed by atoms with Gasteiger partial charge in [0.1, 0.15) is 18.9 Å². The standard InChI is InChI=1S/C26H35ClN8O5/c1-3-34-18-5-4-17(36)12-19(18)35(14-16-6-8-33(9-7-16)21(37)15-40-11-10-39-2)20(34)13-30-26(38)22-24(28)32-25(29)23(27)31-22/h4-5,12,16H,3,6-11,13-15H2,1-2H3,(H5-,28,29,30,32,36,38)/p+1. The van der Waals surface area contributed by atoms with Crippen molar-refractivity contribution in [1.82, 2.24) is 24.8 Å². The van der Waals surface area contributed by atoms with Crippen molar-refractivity contribution < 1.29 is 28.7 Å². The van der Waals surface area contributed by atoms with Gasteiger partial charge >= 0.3 is 0 Å². The maximum Gasteiger partial charge on any atom is 0.277 e. The predicted octanol–water partition coefficient (Wildman–Crippen LogP) is 1.09. The molecule has 1 aliphatic rings. The molecule has 0 atom stereocenters. The SMILES string of the molecule is CC[n+]1c(CNC(=O)c2nc(Cl)c(N)nc2N)n(CC2CCN(C(=O)COCCOC)CC2)c2cc(O)ccc21. The number of fused-ring (bicyclic) bond motifs is 1. The molecule has 0 saturated carbocycles. The number of phenolic OH excluding ortho intramolecular Hbond substituents is 1. The Bertz CT molecular complexity index is 1370. The highest BCUT2D eigenvalue weighted by molar-refractivity contribution is 6.31. The summed E-state index contributed by atoms with van der Waals surface area (Å²) in [5.74, 6) is 0.559. The van der Waals surface area contributed by atoms with Gasteiger partial charge in [-0.15, -0.1) is 0 Å². The fourth-order valence-corrected chi connectivity index (χ4v) is 5.12. The number of aryl methyl sites for hydroxylation is 1. The van der Waals surface area contributed by atoms with Crippen molar-refractivity contribution in [2.75, 3.05) is 51.5 Å². The Labute approximate surface area is 237 Å². The summed E-state index contributed by atoms with van der Waals surface area (Å²) in [5.41, 5.74) is 13.2. The van der Waals surface area contributed by atoms with Gasteiger partial charge in [-0.05, 0) is 31.9 Å². The molecule has 2 amide bonds. The number of likely N-dealkylation sites (tertiary alicyclic amines) is 1. The van der Waals surface area contributed by atoms with E-state index in [0.29, 0.717) is 39.4 Å². The highest BCUT2D eigenvalue weighted by Gasteiger charge is 2.30. The van der Waals surface area contributed by atoms with Crippen molar-refractivity contribution in [3.05, 3.63) is 34.9 Å². The van der Waals surface area contributed by atoms with Crippen LogP contribution in [0.5, 0.6) is 5.75 Å². The molecule has 1 aliphatic heterocycles. The van der Waals surface area contributed by atoms with E-state index in [0.717, 1.165) is 29.7 Å². The number of hydrogen-bond donors (Lipinski definition) is 4. The number of nitrogens with zero attached hydrogens (tertiary/aromatic N) is 5. The third kappa shape index (κ3) is 6.54. The van der Waals surface area contributed by atoms with E-state index in [-0.39, 0.29) is 53.2 Å². The Morgan fingerprint density at radius 2 is 1.95 bits per heavy atom. The zero-order valence-corrected chi connectivity index (χ0v) is 23.5. The van der Waals surface area contributed by atoms with Crippen LogP contribution >= 0.6 is 11.6 Å². The van der Waals surface area contributed by atoms with Gasteiger partial charge in [-0.2, -0.15) is 0 Å². The van der Waals surface area contributed by atoms with E-state index in [1.54, 1.807) is 19.2 Å². The van der Waals surface area contributed by atoms with Crippen molar-refractivity contribution in [1.29, 1.82) is 0 Å². The van der Waals surface area contributed by atoms with Crippen LogP contribution in [0.1, 0.15) is 36.1 Å². The van der Waals surface area contributed by atoms with Crippen molar-refractivity contribution in [3.8, 4) is 5.75 Å². The van der Waals surface area contributed by atoms with E-state index < -0.39 is 5.91 Å². The molecule has 1 aromatic carbocycles. The number of imidazole rings is 1. The molecule has 0 bridgehead atoms. The van der Waals surface area contributed by atoms with Crippen LogP contribution in [0.15, 0.2) is 18.2 Å². The van der Waals surface area contributed by atoms with Gasteiger partial charge in [0.15, 0.2) is 33.5 Å². The first kappa shape index (κ1) is 29.3. The third-order valence-corrected chi connectivity index (χ3v) is 7.35. The minimum atomic E-state index is -0.534. The molecule has 3 heterocycles. The number of methoxy groups -OCH3 is 1. The molecule has 2 aromatic heterocycles. The number of piperidine rings is 1. The van der Waals surface area contributed by atoms with Gasteiger partial charge in [0.05, 0.1) is 26.3 Å². The molecular weight excluding hydrogens is 540 g/mol. The van der Waals surface area contributed by atoms with Crippen molar-refractivity contribution in [2.45, 2.75) is 39.4 Å². The number of nitrogens with one attached hydrogen (secondary N) is 1. The number of aromatic hydroxyl groups is 1. The highest BCUT2D eigenvalue weighted by atomic mass is 35.5. The lowest BCUT2D eigenvalue weighted by Crippen LogP contribution is -2.42. The number of benzene rings is 1. The molecule has 1 saturated heterocycles. The van der Waals surface area contributed by atoms with Crippen LogP contribution < -0.4 is 21.4 Å². The van der Waals surface area contributed by atoms with Crippen LogP contribution in [0.4, 0.5) is 11.6 Å². The maximum absolute atomic E-state index is 13.0. The average Bonchev–Trinajstić information content (AvgIpc) is 3.23. The molecular formula is C26H36ClN8O5+. The number of amides is 2. The summed E-state index contributed by atoms with van der Waals surface area (Å²) in [6.45, 7) is 5.63. The highest BCUT2D eigenvalue weighted by Crippen LogP contribution is 2.26. The minimum absolute atomic E-state index is 0.0248. The second kappa shape index (κ2) is 13.1. The topological polar surface area (TPSA) is 175 Å². The van der Waals surface area contributed by atoms with E-state index >= 15 is 0 Å². The Morgan fingerprint density at radius 1 is 1.20 bits per heavy atom. The number of nitrogens with two attached hydrogens (primary N) is 2. The minimum Gasteiger partial charge on any atom is -0.508 e. The van der Waals surface area contributed by atoms with E-state index in [2.05, 4.69) is 24.4 Å². The number of rotatable bonds is 11. The van der Waals surface area contributed by atoms with Gasteiger partial charge in [-0.1, -0.05) is 11.6 Å². The predicted molar refractivity (Wildman–Crippen MR) is 149 cm³/mol. The van der Waals surface area contributed by atoms with Crippen molar-refractivity contribution >= 4 is 46.1 Å². The number of anilines is 2. The first-order valence-corrected chi connectivity index (χ1v) is 13.6. The van der Waals surface area contributed by atoms with Crippen LogP contribution in [0, 0.1) is 5.92 Å². The van der Waals surface area contributed by atoms with E-state index in [1.807, 2.05) is 17.9 Å². The third-order valence-electron chi connectivity index (χ3n) is 7.07. The fraction of sp³-hybridized carbons (Fsp3) is 0.500. The molecule has 0 radical (unpaired) electrons. The number of nitrogen functional groups attached to an aromatic ring is 2. The Hall–Kier alpha value is -3.68. The van der Waals surface area contributed by atoms with Crippen LogP contribution in [0.25, 0.3) is 11.0 Å². The monoisotopic (exact) mass is 575 g/mol. The van der Waals surface area contributed by atoms with Crippen LogP contribution in [-0.4, -0.2) is 76.4 Å². The molecule has 0 unspecified atom stereocenters. The summed E-state index contributed by atoms with van der Waals surface area (Å²) in [6, 6.07) is 5.24. The lowest BCUT2D eigenvalue weighted by molar-refractivity contribution is -0.676. The van der Waals surface area contributed by atoms with Gasteiger partial charge in [-0.3, -0.25) is 9.59 Å². The molecule has 3 aromatic rings. The summed E-state index contributed by atoms with van der Waals surface area (Å²) in [6.07, 6.45) is 1.63. The number of carbonyl (C=O) groups excluding carboxylic acids is 2. The van der Waals surface area contributed by atoms with Gasteiger partial charge in [-0.25, -0.2) is 19.1 Å². The summed E-state index contributed by atoms with van der Waals surface area (Å²) in [7, 11) is 1.59. The Balaban J connectivity index is 1.51. The zero-order valence-electron chi connectivity index (χ0n) is 22.7. The quantitative estimate of drug-likeness (QED) is 0.193. The molecule has 40 heavy (non-hydrogen) atoms. The van der Waals surface area contributed by atoms with Crippen LogP contribution in [0.2, 0.25) is 5.15 Å². The van der Waals surface area contributed by atoms with Crippen molar-refractivity contribution in [2.24, 2.45) is 5.92 Å². The summed E-state index contributed by atoms with van der Waals surface area (Å²) in [5, 5.41) is 13.1. The summed E-state index contributed by atoms with van der Waals surface area (Å²) < 4.78 is 14.6. The molecule has 4 rings (SSSR count). The zero-order chi connectivity index (χ0) is 28.8. The number of carbonyl (C=O) groups is 2. The van der Waals surface area contributed by atoms with Crippen molar-refractivity contribution in [3.63, 3.8) is 0 Å². The van der Waals surface area contributed by atoms with E-state index in [4.69, 9.17) is 32.5 Å². The van der Waals surface area contributed by atoms with Crippen LogP contribution in [-0.2, 0) is 33.9 Å². The van der Waals surface area contributed by atoms with Gasteiger partial charge in [0, 0.05) is 32.2 Å². The molecule has 216 valence electrons. The largest absolute Gasteiger partial charge is 0.508 e. The average molecular weight is 576 g/mol. The first-order chi connectivity index (χ1) is 19.2. The molecule has 0 aliphatic carbocycles. The van der Waals surface area contributed by atoms with Gasteiger partial charge in [0.25, 0.3) is 11.7 Å². The lowest BCUT2D eigenvalue weighted by atomic mass is 9.96. The molecule has 1 fully saturated rings. The number of hydrogen-bond acceptors (Lipinski definition) is 9. The fourth-order valence-electron chi connectivity index (χ4n) is 5.00. The van der Waals surface area contributed by atoms with E-state index in [1.165, 1.54) is 0 Å². The first-order valence-electron chi connectivity index (χ1n) is 13.2. The second-order valence-electron chi connectivity index (χ2n) is 9.63. The maximum atomic E-state index is 13.0. The molecule has 6 N–H and O–H groups in total. The normalized spacial score (nSPS) is 14.1. The number of aromatic nitrogens is 4. The Kier molecular flexibility index (Phi) is 9.61.